The van der Waals surface area contributed by atoms with Crippen molar-refractivity contribution >= 4 is 0 Å². The predicted octanol–water partition coefficient (Wildman–Crippen LogP) is 2.62. The van der Waals surface area contributed by atoms with E-state index in [9.17, 15) is 23.3 Å². The van der Waals surface area contributed by atoms with Gasteiger partial charge in [0.2, 0.25) is 6.54 Å². The van der Waals surface area contributed by atoms with E-state index in [4.69, 9.17) is 5.73 Å². The van der Waals surface area contributed by atoms with Crippen molar-refractivity contribution in [3.05, 3.63) is 45.5 Å². The predicted molar refractivity (Wildman–Crippen MR) is 57.0 cm³/mol. The summed E-state index contributed by atoms with van der Waals surface area (Å²) in [6.45, 7) is -0.729. The lowest BCUT2D eigenvalue weighted by Crippen LogP contribution is -2.23. The zero-order valence-corrected chi connectivity index (χ0v) is 8.07. The van der Waals surface area contributed by atoms with Crippen LogP contribution in [0.25, 0.3) is 0 Å². The summed E-state index contributed by atoms with van der Waals surface area (Å²) in [5.74, 6) is 0. The molecule has 1 aromatic carbocycles. The standard InChI is InChI=1S/C9H9F3N2O2.CH4/c10-9(11,12)7-4-2-1-3-6(7)8(13)5-14(15)16;/h1-4,8H,5,13H2;1H4. The molecule has 0 bridgehead atoms. The Morgan fingerprint density at radius 3 is 2.35 bits per heavy atom. The van der Waals surface area contributed by atoms with E-state index in [1.165, 1.54) is 12.1 Å². The number of alkyl halides is 3. The number of nitro groups is 1. The molecule has 0 saturated carbocycles. The summed E-state index contributed by atoms with van der Waals surface area (Å²) in [6, 6.07) is 3.33. The van der Waals surface area contributed by atoms with Crippen LogP contribution < -0.4 is 5.73 Å². The number of nitrogens with two attached hydrogens (primary N) is 1. The summed E-state index contributed by atoms with van der Waals surface area (Å²) in [4.78, 5) is 9.45. The third-order valence-corrected chi connectivity index (χ3v) is 2.01. The maximum absolute atomic E-state index is 12.5. The smallest absolute Gasteiger partial charge is 0.319 e. The molecule has 0 fully saturated rings. The van der Waals surface area contributed by atoms with Crippen LogP contribution >= 0.6 is 0 Å². The summed E-state index contributed by atoms with van der Waals surface area (Å²) in [6.07, 6.45) is -4.55. The SMILES string of the molecule is C.NC(C[N+](=O)[O-])c1ccccc1C(F)(F)F. The Hall–Kier alpha value is -1.63. The van der Waals surface area contributed by atoms with Crippen molar-refractivity contribution in [2.24, 2.45) is 5.73 Å². The van der Waals surface area contributed by atoms with Gasteiger partial charge in [0.1, 0.15) is 0 Å². The molecule has 4 nitrogen and oxygen atoms in total. The Kier molecular flexibility index (Phi) is 5.09. The Labute approximate surface area is 96.4 Å². The van der Waals surface area contributed by atoms with Crippen LogP contribution in [0.2, 0.25) is 0 Å². The number of hydrogen-bond acceptors (Lipinski definition) is 3. The van der Waals surface area contributed by atoms with Crippen LogP contribution in [0.5, 0.6) is 0 Å². The lowest BCUT2D eigenvalue weighted by Gasteiger charge is -2.15. The molecular formula is C10H13F3N2O2. The van der Waals surface area contributed by atoms with E-state index in [-0.39, 0.29) is 13.0 Å². The van der Waals surface area contributed by atoms with Crippen molar-refractivity contribution < 1.29 is 18.1 Å². The molecule has 0 spiro atoms. The number of benzene rings is 1. The van der Waals surface area contributed by atoms with E-state index in [1.54, 1.807) is 0 Å². The van der Waals surface area contributed by atoms with Crippen molar-refractivity contribution in [1.82, 2.24) is 0 Å². The van der Waals surface area contributed by atoms with Gasteiger partial charge < -0.3 is 5.73 Å². The molecule has 7 heteroatoms. The van der Waals surface area contributed by atoms with Gasteiger partial charge in [-0.05, 0) is 11.6 Å². The largest absolute Gasteiger partial charge is 0.416 e. The molecule has 0 aliphatic heterocycles. The second-order valence-electron chi connectivity index (χ2n) is 3.21. The van der Waals surface area contributed by atoms with E-state index in [0.717, 1.165) is 12.1 Å². The minimum Gasteiger partial charge on any atom is -0.319 e. The Morgan fingerprint density at radius 1 is 1.35 bits per heavy atom. The second kappa shape index (κ2) is 5.62. The molecular weight excluding hydrogens is 237 g/mol. The van der Waals surface area contributed by atoms with Gasteiger partial charge in [0, 0.05) is 4.92 Å². The van der Waals surface area contributed by atoms with Crippen LogP contribution in [0.1, 0.15) is 24.6 Å². The van der Waals surface area contributed by atoms with Gasteiger partial charge in [0.15, 0.2) is 0 Å². The average Bonchev–Trinajstić information content (AvgIpc) is 2.15. The topological polar surface area (TPSA) is 69.2 Å². The third kappa shape index (κ3) is 4.03. The Morgan fingerprint density at radius 2 is 1.88 bits per heavy atom. The maximum atomic E-state index is 12.5. The van der Waals surface area contributed by atoms with Crippen LogP contribution in [0, 0.1) is 10.1 Å². The van der Waals surface area contributed by atoms with Crippen LogP contribution in [0.4, 0.5) is 13.2 Å². The number of halogens is 3. The molecule has 0 amide bonds. The monoisotopic (exact) mass is 250 g/mol. The van der Waals surface area contributed by atoms with Gasteiger partial charge in [0.05, 0.1) is 11.6 Å². The van der Waals surface area contributed by atoms with E-state index >= 15 is 0 Å². The number of hydrogen-bond donors (Lipinski definition) is 1. The fourth-order valence-electron chi connectivity index (χ4n) is 1.34. The summed E-state index contributed by atoms with van der Waals surface area (Å²) in [7, 11) is 0. The molecule has 0 saturated heterocycles. The minimum atomic E-state index is -4.55. The highest BCUT2D eigenvalue weighted by Crippen LogP contribution is 2.33. The molecule has 2 N–H and O–H groups in total. The first kappa shape index (κ1) is 15.4. The normalized spacial score (nSPS) is 12.7. The average molecular weight is 250 g/mol. The zero-order chi connectivity index (χ0) is 12.3. The molecule has 1 rings (SSSR count). The quantitative estimate of drug-likeness (QED) is 0.662. The van der Waals surface area contributed by atoms with Crippen LogP contribution in [-0.2, 0) is 6.18 Å². The molecule has 1 aromatic rings. The van der Waals surface area contributed by atoms with Crippen molar-refractivity contribution in [2.75, 3.05) is 6.54 Å². The van der Waals surface area contributed by atoms with Crippen LogP contribution in [0.15, 0.2) is 24.3 Å². The van der Waals surface area contributed by atoms with Crippen LogP contribution in [-0.4, -0.2) is 11.5 Å². The molecule has 0 radical (unpaired) electrons. The maximum Gasteiger partial charge on any atom is 0.416 e. The van der Waals surface area contributed by atoms with Gasteiger partial charge in [-0.3, -0.25) is 10.1 Å². The molecule has 0 aromatic heterocycles. The number of nitrogens with zero attached hydrogens (tertiary/aromatic N) is 1. The molecule has 17 heavy (non-hydrogen) atoms. The van der Waals surface area contributed by atoms with Crippen molar-refractivity contribution in [3.8, 4) is 0 Å². The summed E-state index contributed by atoms with van der Waals surface area (Å²) in [5, 5.41) is 10.2. The summed E-state index contributed by atoms with van der Waals surface area (Å²) in [5.41, 5.74) is 4.17. The van der Waals surface area contributed by atoms with Gasteiger partial charge in [-0.1, -0.05) is 25.6 Å². The van der Waals surface area contributed by atoms with Crippen molar-refractivity contribution in [2.45, 2.75) is 19.6 Å². The highest BCUT2D eigenvalue weighted by Gasteiger charge is 2.35. The summed E-state index contributed by atoms with van der Waals surface area (Å²) >= 11 is 0. The van der Waals surface area contributed by atoms with Gasteiger partial charge in [-0.25, -0.2) is 0 Å². The third-order valence-electron chi connectivity index (χ3n) is 2.01. The molecule has 0 heterocycles. The first-order chi connectivity index (χ1) is 7.32. The van der Waals surface area contributed by atoms with E-state index in [1.807, 2.05) is 0 Å². The van der Waals surface area contributed by atoms with Gasteiger partial charge in [0.25, 0.3) is 0 Å². The lowest BCUT2D eigenvalue weighted by molar-refractivity contribution is -0.483. The molecule has 1 atom stereocenters. The first-order valence-electron chi connectivity index (χ1n) is 4.36. The fourth-order valence-corrected chi connectivity index (χ4v) is 1.34. The second-order valence-corrected chi connectivity index (χ2v) is 3.21. The van der Waals surface area contributed by atoms with Gasteiger partial charge in [-0.15, -0.1) is 0 Å². The molecule has 0 aliphatic carbocycles. The highest BCUT2D eigenvalue weighted by molar-refractivity contribution is 5.32. The minimum absolute atomic E-state index is 0. The molecule has 1 unspecified atom stereocenters. The number of rotatable bonds is 3. The molecule has 96 valence electrons. The summed E-state index contributed by atoms with van der Waals surface area (Å²) < 4.78 is 37.6. The van der Waals surface area contributed by atoms with E-state index < -0.39 is 29.2 Å². The van der Waals surface area contributed by atoms with Gasteiger partial charge in [-0.2, -0.15) is 13.2 Å². The van der Waals surface area contributed by atoms with Gasteiger partial charge >= 0.3 is 6.18 Å². The van der Waals surface area contributed by atoms with Crippen molar-refractivity contribution in [3.63, 3.8) is 0 Å². The van der Waals surface area contributed by atoms with E-state index in [2.05, 4.69) is 0 Å². The first-order valence-corrected chi connectivity index (χ1v) is 4.36. The zero-order valence-electron chi connectivity index (χ0n) is 8.07. The highest BCUT2D eigenvalue weighted by atomic mass is 19.4. The molecule has 0 aliphatic rings. The fraction of sp³-hybridized carbons (Fsp3) is 0.400. The van der Waals surface area contributed by atoms with E-state index in [0.29, 0.717) is 0 Å². The Bertz CT molecular complexity index is 393. The van der Waals surface area contributed by atoms with Crippen LogP contribution in [0.3, 0.4) is 0 Å². The Balaban J connectivity index is 0.00000256. The lowest BCUT2D eigenvalue weighted by atomic mass is 10.0. The van der Waals surface area contributed by atoms with Crippen molar-refractivity contribution in [1.29, 1.82) is 0 Å².